The average molecular weight is 355 g/mol. The quantitative estimate of drug-likeness (QED) is 0.862. The fraction of sp³-hybridized carbons (Fsp3) is 0.400. The van der Waals surface area contributed by atoms with Gasteiger partial charge in [0.25, 0.3) is 0 Å². The van der Waals surface area contributed by atoms with Crippen LogP contribution in [-0.4, -0.2) is 32.1 Å². The lowest BCUT2D eigenvalue weighted by atomic mass is 10.0. The number of rotatable bonds is 5. The Kier molecular flexibility index (Phi) is 4.84. The Balaban J connectivity index is 1.68. The van der Waals surface area contributed by atoms with Crippen molar-refractivity contribution in [3.8, 4) is 5.69 Å². The summed E-state index contributed by atoms with van der Waals surface area (Å²) < 4.78 is 1.56. The molecule has 0 amide bonds. The normalized spacial score (nSPS) is 20.8. The molecule has 1 fully saturated rings. The molecule has 0 aliphatic heterocycles. The van der Waals surface area contributed by atoms with Crippen molar-refractivity contribution in [3.63, 3.8) is 0 Å². The van der Waals surface area contributed by atoms with Crippen LogP contribution < -0.4 is 5.32 Å². The predicted octanol–water partition coefficient (Wildman–Crippen LogP) is 2.92. The minimum Gasteiger partial charge on any atom is -0.481 e. The highest BCUT2D eigenvalue weighted by Crippen LogP contribution is 2.28. The lowest BCUT2D eigenvalue weighted by Gasteiger charge is -2.16. The molecular formula is C15H16Cl2N4O2. The number of benzene rings is 1. The maximum atomic E-state index is 11.2. The maximum Gasteiger partial charge on any atom is 0.308 e. The SMILES string of the molecule is O=C(O)[C@@H]1CCC[C@@H]1NCc1cn(-c2cccc(Cl)c2Cl)nn1. The molecule has 1 aromatic heterocycles. The first kappa shape index (κ1) is 16.2. The molecule has 6 nitrogen and oxygen atoms in total. The van der Waals surface area contributed by atoms with Crippen LogP contribution in [-0.2, 0) is 11.3 Å². The second-order valence-corrected chi connectivity index (χ2v) is 6.38. The van der Waals surface area contributed by atoms with Crippen molar-refractivity contribution in [2.45, 2.75) is 31.8 Å². The van der Waals surface area contributed by atoms with E-state index in [2.05, 4.69) is 15.6 Å². The van der Waals surface area contributed by atoms with E-state index in [-0.39, 0.29) is 12.0 Å². The number of hydrogen-bond acceptors (Lipinski definition) is 4. The second kappa shape index (κ2) is 6.86. The third-order valence-electron chi connectivity index (χ3n) is 4.10. The minimum atomic E-state index is -0.741. The molecule has 23 heavy (non-hydrogen) atoms. The van der Waals surface area contributed by atoms with Gasteiger partial charge in [0.05, 0.1) is 33.5 Å². The molecule has 1 aliphatic rings. The first-order valence-electron chi connectivity index (χ1n) is 7.38. The maximum absolute atomic E-state index is 11.2. The summed E-state index contributed by atoms with van der Waals surface area (Å²) in [7, 11) is 0. The van der Waals surface area contributed by atoms with E-state index in [0.717, 1.165) is 25.0 Å². The summed E-state index contributed by atoms with van der Waals surface area (Å²) in [5, 5.41) is 21.5. The van der Waals surface area contributed by atoms with Gasteiger partial charge in [-0.15, -0.1) is 5.10 Å². The number of aromatic nitrogens is 3. The molecule has 3 rings (SSSR count). The van der Waals surface area contributed by atoms with Crippen LogP contribution in [0.1, 0.15) is 25.0 Å². The molecule has 0 unspecified atom stereocenters. The summed E-state index contributed by atoms with van der Waals surface area (Å²) >= 11 is 12.2. The van der Waals surface area contributed by atoms with Gasteiger partial charge in [-0.05, 0) is 25.0 Å². The van der Waals surface area contributed by atoms with Crippen molar-refractivity contribution < 1.29 is 9.90 Å². The molecule has 8 heteroatoms. The van der Waals surface area contributed by atoms with Crippen LogP contribution in [0, 0.1) is 5.92 Å². The molecule has 2 aromatic rings. The van der Waals surface area contributed by atoms with Crippen molar-refractivity contribution >= 4 is 29.2 Å². The lowest BCUT2D eigenvalue weighted by molar-refractivity contribution is -0.142. The summed E-state index contributed by atoms with van der Waals surface area (Å²) in [5.41, 5.74) is 1.37. The van der Waals surface area contributed by atoms with E-state index < -0.39 is 5.97 Å². The number of nitrogens with zero attached hydrogens (tertiary/aromatic N) is 3. The largest absolute Gasteiger partial charge is 0.481 e. The standard InChI is InChI=1S/C15H16Cl2N4O2/c16-11-4-2-6-13(14(11)17)21-8-9(19-20-21)7-18-12-5-1-3-10(12)15(22)23/h2,4,6,8,10,12,18H,1,3,5,7H2,(H,22,23)/t10-,12+/m1/s1. The zero-order valence-corrected chi connectivity index (χ0v) is 13.8. The molecule has 2 N–H and O–H groups in total. The molecule has 0 bridgehead atoms. The number of carboxylic acids is 1. The fourth-order valence-electron chi connectivity index (χ4n) is 2.90. The fourth-order valence-corrected chi connectivity index (χ4v) is 3.28. The molecule has 0 spiro atoms. The number of carbonyl (C=O) groups is 1. The van der Waals surface area contributed by atoms with E-state index in [4.69, 9.17) is 23.2 Å². The number of hydrogen-bond donors (Lipinski definition) is 2. The van der Waals surface area contributed by atoms with Gasteiger partial charge in [0.2, 0.25) is 0 Å². The van der Waals surface area contributed by atoms with E-state index in [1.807, 2.05) is 0 Å². The first-order chi connectivity index (χ1) is 11.1. The van der Waals surface area contributed by atoms with Gasteiger partial charge in [0, 0.05) is 12.6 Å². The highest BCUT2D eigenvalue weighted by atomic mass is 35.5. The van der Waals surface area contributed by atoms with E-state index in [0.29, 0.717) is 22.3 Å². The van der Waals surface area contributed by atoms with Crippen LogP contribution >= 0.6 is 23.2 Å². The van der Waals surface area contributed by atoms with Crippen molar-refractivity contribution in [1.29, 1.82) is 0 Å². The van der Waals surface area contributed by atoms with Gasteiger partial charge < -0.3 is 10.4 Å². The van der Waals surface area contributed by atoms with Crippen molar-refractivity contribution in [1.82, 2.24) is 20.3 Å². The van der Waals surface area contributed by atoms with E-state index in [9.17, 15) is 9.90 Å². The van der Waals surface area contributed by atoms with Crippen LogP contribution in [0.15, 0.2) is 24.4 Å². The van der Waals surface area contributed by atoms with Crippen LogP contribution in [0.3, 0.4) is 0 Å². The van der Waals surface area contributed by atoms with E-state index in [1.54, 1.807) is 29.1 Å². The van der Waals surface area contributed by atoms with Gasteiger partial charge in [-0.3, -0.25) is 4.79 Å². The van der Waals surface area contributed by atoms with Gasteiger partial charge in [0.15, 0.2) is 0 Å². The van der Waals surface area contributed by atoms with Crippen molar-refractivity contribution in [2.75, 3.05) is 0 Å². The molecule has 2 atom stereocenters. The Morgan fingerprint density at radius 3 is 3.00 bits per heavy atom. The van der Waals surface area contributed by atoms with Crippen molar-refractivity contribution in [2.24, 2.45) is 5.92 Å². The summed E-state index contributed by atoms with van der Waals surface area (Å²) in [6.45, 7) is 0.465. The highest BCUT2D eigenvalue weighted by molar-refractivity contribution is 6.43. The first-order valence-corrected chi connectivity index (χ1v) is 8.13. The Morgan fingerprint density at radius 1 is 1.39 bits per heavy atom. The van der Waals surface area contributed by atoms with Gasteiger partial charge in [0.1, 0.15) is 0 Å². The van der Waals surface area contributed by atoms with E-state index >= 15 is 0 Å². The number of nitrogens with one attached hydrogen (secondary N) is 1. The Morgan fingerprint density at radius 2 is 2.22 bits per heavy atom. The molecule has 0 saturated heterocycles. The van der Waals surface area contributed by atoms with Crippen LogP contribution in [0.25, 0.3) is 5.69 Å². The summed E-state index contributed by atoms with van der Waals surface area (Å²) in [5.74, 6) is -1.07. The summed E-state index contributed by atoms with van der Waals surface area (Å²) in [6, 6.07) is 5.28. The third-order valence-corrected chi connectivity index (χ3v) is 4.91. The molecular weight excluding hydrogens is 339 g/mol. The zero-order valence-electron chi connectivity index (χ0n) is 12.2. The Hall–Kier alpha value is -1.63. The molecule has 122 valence electrons. The average Bonchev–Trinajstić information content (AvgIpc) is 3.16. The zero-order chi connectivity index (χ0) is 16.4. The number of carboxylic acid groups (broad SMARTS) is 1. The molecule has 1 heterocycles. The molecule has 0 radical (unpaired) electrons. The van der Waals surface area contributed by atoms with Gasteiger partial charge in [-0.25, -0.2) is 4.68 Å². The summed E-state index contributed by atoms with van der Waals surface area (Å²) in [6.07, 6.45) is 4.28. The number of aliphatic carboxylic acids is 1. The highest BCUT2D eigenvalue weighted by Gasteiger charge is 2.32. The Bertz CT molecular complexity index is 719. The van der Waals surface area contributed by atoms with Gasteiger partial charge in [-0.2, -0.15) is 0 Å². The monoisotopic (exact) mass is 354 g/mol. The predicted molar refractivity (Wildman–Crippen MR) is 87.0 cm³/mol. The third kappa shape index (κ3) is 3.49. The van der Waals surface area contributed by atoms with Crippen molar-refractivity contribution in [3.05, 3.63) is 40.1 Å². The molecule has 1 saturated carbocycles. The van der Waals surface area contributed by atoms with Crippen LogP contribution in [0.2, 0.25) is 10.0 Å². The van der Waals surface area contributed by atoms with Crippen LogP contribution in [0.5, 0.6) is 0 Å². The smallest absolute Gasteiger partial charge is 0.308 e. The van der Waals surface area contributed by atoms with Gasteiger partial charge in [-0.1, -0.05) is 40.9 Å². The minimum absolute atomic E-state index is 0.0209. The topological polar surface area (TPSA) is 80.0 Å². The molecule has 1 aliphatic carbocycles. The Labute approximate surface area is 143 Å². The molecule has 1 aromatic carbocycles. The summed E-state index contributed by atoms with van der Waals surface area (Å²) in [4.78, 5) is 11.2. The number of halogens is 2. The van der Waals surface area contributed by atoms with Crippen LogP contribution in [0.4, 0.5) is 0 Å². The van der Waals surface area contributed by atoms with Gasteiger partial charge >= 0.3 is 5.97 Å². The second-order valence-electron chi connectivity index (χ2n) is 5.59. The van der Waals surface area contributed by atoms with E-state index in [1.165, 1.54) is 0 Å². The lowest BCUT2D eigenvalue weighted by Crippen LogP contribution is -2.35.